The molecular weight excluding hydrogens is 472 g/mol. The summed E-state index contributed by atoms with van der Waals surface area (Å²) < 4.78 is 0. The van der Waals surface area contributed by atoms with E-state index in [9.17, 15) is 0 Å². The number of benzene rings is 3. The van der Waals surface area contributed by atoms with Crippen molar-refractivity contribution < 1.29 is 0 Å². The quantitative estimate of drug-likeness (QED) is 0.218. The highest BCUT2D eigenvalue weighted by atomic mass is 28.3. The van der Waals surface area contributed by atoms with Crippen molar-refractivity contribution in [2.24, 2.45) is 17.8 Å². The van der Waals surface area contributed by atoms with Crippen LogP contribution in [0.25, 0.3) is 0 Å². The predicted molar refractivity (Wildman–Crippen MR) is 169 cm³/mol. The summed E-state index contributed by atoms with van der Waals surface area (Å²) in [6.45, 7) is 16.6. The van der Waals surface area contributed by atoms with Gasteiger partial charge in [0.2, 0.25) is 0 Å². The van der Waals surface area contributed by atoms with Gasteiger partial charge in [0.15, 0.2) is 8.07 Å². The van der Waals surface area contributed by atoms with E-state index in [4.69, 9.17) is 0 Å². The number of allylic oxidation sites excluding steroid dienone is 4. The molecule has 0 radical (unpaired) electrons. The van der Waals surface area contributed by atoms with E-state index >= 15 is 0 Å². The minimum Gasteiger partial charge on any atom is -0.0808 e. The lowest BCUT2D eigenvalue weighted by atomic mass is 9.92. The monoisotopic (exact) mass is 518 g/mol. The van der Waals surface area contributed by atoms with Gasteiger partial charge in [0, 0.05) is 0 Å². The molecule has 198 valence electrons. The fourth-order valence-electron chi connectivity index (χ4n) is 7.47. The molecule has 0 amide bonds. The Bertz CT molecular complexity index is 1200. The van der Waals surface area contributed by atoms with Gasteiger partial charge in [0.1, 0.15) is 0 Å². The smallest absolute Gasteiger partial charge is 0.0808 e. The number of hydrogen-bond donors (Lipinski definition) is 0. The number of hydrogen-bond acceptors (Lipinski definition) is 0. The second kappa shape index (κ2) is 10.9. The fourth-order valence-corrected chi connectivity index (χ4v) is 13.8. The maximum absolute atomic E-state index is 2.60. The highest BCUT2D eigenvalue weighted by Crippen LogP contribution is 2.52. The molecule has 0 aromatic heterocycles. The molecule has 1 fully saturated rings. The normalized spacial score (nSPS) is 23.0. The molecule has 0 spiro atoms. The van der Waals surface area contributed by atoms with Crippen LogP contribution in [0.15, 0.2) is 97.1 Å². The molecule has 4 unspecified atom stereocenters. The molecule has 0 aliphatic heterocycles. The molecule has 2 aliphatic rings. The predicted octanol–water partition coefficient (Wildman–Crippen LogP) is 8.30. The lowest BCUT2D eigenvalue weighted by molar-refractivity contribution is 0.546. The van der Waals surface area contributed by atoms with E-state index in [0.717, 1.165) is 0 Å². The van der Waals surface area contributed by atoms with Crippen LogP contribution in [0.5, 0.6) is 0 Å². The van der Waals surface area contributed by atoms with Crippen LogP contribution in [0.1, 0.15) is 89.3 Å². The van der Waals surface area contributed by atoms with E-state index in [0.29, 0.717) is 41.0 Å². The first kappa shape index (κ1) is 26.9. The Morgan fingerprint density at radius 2 is 1.03 bits per heavy atom. The van der Waals surface area contributed by atoms with Crippen LogP contribution in [-0.2, 0) is 0 Å². The summed E-state index contributed by atoms with van der Waals surface area (Å²) in [5.74, 6) is 3.40. The Morgan fingerprint density at radius 1 is 0.605 bits per heavy atom. The maximum Gasteiger partial charge on any atom is 0.152 e. The van der Waals surface area contributed by atoms with Gasteiger partial charge in [0.05, 0.1) is 0 Å². The lowest BCUT2D eigenvalue weighted by Crippen LogP contribution is -2.71. The van der Waals surface area contributed by atoms with E-state index in [-0.39, 0.29) is 0 Å². The topological polar surface area (TPSA) is 0 Å². The van der Waals surface area contributed by atoms with Gasteiger partial charge in [-0.05, 0) is 79.7 Å². The number of rotatable bonds is 7. The van der Waals surface area contributed by atoms with Gasteiger partial charge in [-0.2, -0.15) is 0 Å². The van der Waals surface area contributed by atoms with Crippen molar-refractivity contribution in [2.45, 2.75) is 78.2 Å². The number of fused-ring (bicyclic) bond motifs is 1. The van der Waals surface area contributed by atoms with E-state index in [1.165, 1.54) is 23.1 Å². The Balaban J connectivity index is 1.90. The van der Waals surface area contributed by atoms with E-state index < -0.39 is 8.07 Å². The average Bonchev–Trinajstić information content (AvgIpc) is 3.26. The van der Waals surface area contributed by atoms with Crippen molar-refractivity contribution >= 4 is 23.6 Å². The maximum atomic E-state index is 2.60. The summed E-state index contributed by atoms with van der Waals surface area (Å²) in [6.07, 6.45) is 11.0. The first-order valence-corrected chi connectivity index (χ1v) is 17.0. The van der Waals surface area contributed by atoms with Crippen LogP contribution in [0.3, 0.4) is 0 Å². The fraction of sp³-hybridized carbons (Fsp3) is 0.405. The Labute approximate surface area is 232 Å². The van der Waals surface area contributed by atoms with Crippen LogP contribution in [-0.4, -0.2) is 8.07 Å². The van der Waals surface area contributed by atoms with Gasteiger partial charge in [-0.1, -0.05) is 146 Å². The molecule has 0 nitrogen and oxygen atoms in total. The summed E-state index contributed by atoms with van der Waals surface area (Å²) in [5, 5.41) is 4.77. The van der Waals surface area contributed by atoms with Crippen molar-refractivity contribution in [1.82, 2.24) is 0 Å². The lowest BCUT2D eigenvalue weighted by Gasteiger charge is -2.44. The summed E-state index contributed by atoms with van der Waals surface area (Å²) in [7, 11) is -2.48. The minimum atomic E-state index is -2.48. The van der Waals surface area contributed by atoms with Crippen LogP contribution in [0.2, 0.25) is 5.54 Å². The van der Waals surface area contributed by atoms with Gasteiger partial charge < -0.3 is 0 Å². The van der Waals surface area contributed by atoms with Crippen molar-refractivity contribution in [2.75, 3.05) is 0 Å². The van der Waals surface area contributed by atoms with E-state index in [1.807, 2.05) is 0 Å². The molecule has 0 N–H and O–H groups in total. The molecule has 1 saturated carbocycles. The molecule has 2 aliphatic carbocycles. The Morgan fingerprint density at radius 3 is 1.45 bits per heavy atom. The molecule has 4 atom stereocenters. The summed E-state index contributed by atoms with van der Waals surface area (Å²) in [4.78, 5) is 0. The molecule has 3 aromatic carbocycles. The summed E-state index contributed by atoms with van der Waals surface area (Å²) in [6, 6.07) is 29.3. The highest BCUT2D eigenvalue weighted by molar-refractivity contribution is 7.12. The third-order valence-corrected chi connectivity index (χ3v) is 15.1. The molecule has 1 heteroatoms. The first-order chi connectivity index (χ1) is 18.2. The molecule has 0 bridgehead atoms. The molecule has 3 aromatic rings. The SMILES string of the molecule is CC(C)c1cccc([Si](c2cccc(C(C)C)c2)(c2cccc(C(C)C)c2)C2C(C)CC3C=CC=CC32)c1. The van der Waals surface area contributed by atoms with E-state index in [2.05, 4.69) is 146 Å². The summed E-state index contributed by atoms with van der Waals surface area (Å²) in [5.41, 5.74) is 4.97. The molecular formula is C37H46Si. The van der Waals surface area contributed by atoms with Gasteiger partial charge in [0.25, 0.3) is 0 Å². The molecule has 5 rings (SSSR count). The zero-order valence-electron chi connectivity index (χ0n) is 24.5. The molecule has 0 heterocycles. The standard InChI is InChI=1S/C37H46Si/c1-25(2)29-14-10-17-33(22-29)38(34-18-11-15-30(23-34)26(3)4,35-19-12-16-31(24-35)27(5)6)37-28(7)21-32-13-8-9-20-36(32)37/h8-20,22-28,32,36-37H,21H2,1-7H3. The van der Waals surface area contributed by atoms with Crippen LogP contribution >= 0.6 is 0 Å². The largest absolute Gasteiger partial charge is 0.152 e. The Hall–Kier alpha value is -2.64. The Kier molecular flexibility index (Phi) is 7.69. The van der Waals surface area contributed by atoms with Crippen molar-refractivity contribution in [3.8, 4) is 0 Å². The van der Waals surface area contributed by atoms with Gasteiger partial charge in [-0.3, -0.25) is 0 Å². The molecule has 38 heavy (non-hydrogen) atoms. The van der Waals surface area contributed by atoms with Crippen molar-refractivity contribution in [3.63, 3.8) is 0 Å². The molecule has 0 saturated heterocycles. The van der Waals surface area contributed by atoms with Crippen LogP contribution in [0.4, 0.5) is 0 Å². The zero-order valence-corrected chi connectivity index (χ0v) is 25.5. The van der Waals surface area contributed by atoms with Crippen molar-refractivity contribution in [3.05, 3.63) is 114 Å². The van der Waals surface area contributed by atoms with Crippen LogP contribution < -0.4 is 15.6 Å². The zero-order chi connectivity index (χ0) is 27.0. The third-order valence-electron chi connectivity index (χ3n) is 9.49. The third kappa shape index (κ3) is 4.68. The van der Waals surface area contributed by atoms with Crippen molar-refractivity contribution in [1.29, 1.82) is 0 Å². The first-order valence-electron chi connectivity index (χ1n) is 14.9. The summed E-state index contributed by atoms with van der Waals surface area (Å²) >= 11 is 0. The van der Waals surface area contributed by atoms with E-state index in [1.54, 1.807) is 15.6 Å². The van der Waals surface area contributed by atoms with Gasteiger partial charge in [-0.25, -0.2) is 0 Å². The van der Waals surface area contributed by atoms with Gasteiger partial charge >= 0.3 is 0 Å². The average molecular weight is 519 g/mol. The van der Waals surface area contributed by atoms with Crippen LogP contribution in [0, 0.1) is 17.8 Å². The highest BCUT2D eigenvalue weighted by Gasteiger charge is 2.55. The minimum absolute atomic E-state index is 0.511. The second-order valence-electron chi connectivity index (χ2n) is 12.9. The van der Waals surface area contributed by atoms with Gasteiger partial charge in [-0.15, -0.1) is 0 Å². The second-order valence-corrected chi connectivity index (χ2v) is 16.9.